The highest BCUT2D eigenvalue weighted by molar-refractivity contribution is 7.09. The van der Waals surface area contributed by atoms with Crippen molar-refractivity contribution in [3.8, 4) is 0 Å². The van der Waals surface area contributed by atoms with Crippen LogP contribution < -0.4 is 0 Å². The Bertz CT molecular complexity index is 855. The molecule has 2 aromatic rings. The molecule has 1 aromatic heterocycles. The van der Waals surface area contributed by atoms with Crippen LogP contribution in [0.3, 0.4) is 0 Å². The molecule has 1 saturated carbocycles. The van der Waals surface area contributed by atoms with E-state index in [2.05, 4.69) is 4.98 Å². The lowest BCUT2D eigenvalue weighted by Gasteiger charge is -2.32. The summed E-state index contributed by atoms with van der Waals surface area (Å²) < 4.78 is 38.0. The van der Waals surface area contributed by atoms with Gasteiger partial charge in [0.2, 0.25) is 5.91 Å². The first-order valence-corrected chi connectivity index (χ1v) is 8.18. The van der Waals surface area contributed by atoms with Crippen LogP contribution in [0.1, 0.15) is 39.5 Å². The standard InChI is InChI=1S/C16H11F3N2O2S/c17-16(18,19)11-8-24-12(20-11)7-21-13(22)9-3-1-2-4-10(9)15(5-6-15)14(21)23/h1-4,8H,5-7H2. The monoisotopic (exact) mass is 352 g/mol. The van der Waals surface area contributed by atoms with Crippen LogP contribution in [0, 0.1) is 0 Å². The van der Waals surface area contributed by atoms with E-state index in [4.69, 9.17) is 0 Å². The molecular formula is C16H11F3N2O2S. The molecule has 0 atom stereocenters. The first-order chi connectivity index (χ1) is 11.3. The number of rotatable bonds is 2. The van der Waals surface area contributed by atoms with Crippen LogP contribution in [0.25, 0.3) is 0 Å². The predicted octanol–water partition coefficient (Wildman–Crippen LogP) is 3.38. The van der Waals surface area contributed by atoms with Crippen molar-refractivity contribution in [1.29, 1.82) is 0 Å². The Kier molecular flexibility index (Phi) is 3.12. The van der Waals surface area contributed by atoms with Crippen LogP contribution in [0.4, 0.5) is 13.2 Å². The number of alkyl halides is 3. The van der Waals surface area contributed by atoms with Crippen LogP contribution in [0.15, 0.2) is 29.6 Å². The van der Waals surface area contributed by atoms with Gasteiger partial charge in [-0.2, -0.15) is 13.2 Å². The highest BCUT2D eigenvalue weighted by atomic mass is 32.1. The van der Waals surface area contributed by atoms with Gasteiger partial charge in [0.25, 0.3) is 5.91 Å². The van der Waals surface area contributed by atoms with E-state index in [1.165, 1.54) is 0 Å². The Morgan fingerprint density at radius 2 is 1.92 bits per heavy atom. The molecule has 2 heterocycles. The summed E-state index contributed by atoms with van der Waals surface area (Å²) in [4.78, 5) is 29.9. The smallest absolute Gasteiger partial charge is 0.273 e. The van der Waals surface area contributed by atoms with Crippen LogP contribution in [-0.4, -0.2) is 21.7 Å². The maximum Gasteiger partial charge on any atom is 0.434 e. The lowest BCUT2D eigenvalue weighted by atomic mass is 9.86. The van der Waals surface area contributed by atoms with Crippen molar-refractivity contribution in [1.82, 2.24) is 9.88 Å². The van der Waals surface area contributed by atoms with Crippen molar-refractivity contribution < 1.29 is 22.8 Å². The van der Waals surface area contributed by atoms with E-state index in [0.29, 0.717) is 18.4 Å². The molecule has 1 aromatic carbocycles. The highest BCUT2D eigenvalue weighted by Gasteiger charge is 2.58. The molecule has 8 heteroatoms. The summed E-state index contributed by atoms with van der Waals surface area (Å²) in [5.74, 6) is -0.813. The van der Waals surface area contributed by atoms with Crippen LogP contribution >= 0.6 is 11.3 Å². The van der Waals surface area contributed by atoms with E-state index in [9.17, 15) is 22.8 Å². The third kappa shape index (κ3) is 2.16. The number of carbonyl (C=O) groups is 2. The fourth-order valence-corrected chi connectivity index (χ4v) is 3.89. The number of aromatic nitrogens is 1. The van der Waals surface area contributed by atoms with Gasteiger partial charge in [-0.15, -0.1) is 11.3 Å². The minimum absolute atomic E-state index is 0.0965. The lowest BCUT2D eigenvalue weighted by molar-refractivity contribution is -0.140. The number of nitrogens with zero attached hydrogens (tertiary/aromatic N) is 2. The Morgan fingerprint density at radius 1 is 1.21 bits per heavy atom. The Balaban J connectivity index is 1.68. The maximum absolute atomic E-state index is 12.8. The third-order valence-corrected chi connectivity index (χ3v) is 5.29. The summed E-state index contributed by atoms with van der Waals surface area (Å²) in [7, 11) is 0. The van der Waals surface area contributed by atoms with Crippen molar-refractivity contribution >= 4 is 23.2 Å². The largest absolute Gasteiger partial charge is 0.434 e. The predicted molar refractivity (Wildman–Crippen MR) is 79.4 cm³/mol. The number of carbonyl (C=O) groups excluding carboxylic acids is 2. The number of amides is 2. The van der Waals surface area contributed by atoms with Gasteiger partial charge in [0.15, 0.2) is 5.69 Å². The van der Waals surface area contributed by atoms with Crippen LogP contribution in [0.5, 0.6) is 0 Å². The first kappa shape index (κ1) is 15.3. The molecule has 4 nitrogen and oxygen atoms in total. The summed E-state index contributed by atoms with van der Waals surface area (Å²) >= 11 is 0.799. The molecule has 124 valence electrons. The molecule has 0 N–H and O–H groups in total. The minimum Gasteiger partial charge on any atom is -0.273 e. The van der Waals surface area contributed by atoms with Gasteiger partial charge in [-0.3, -0.25) is 14.5 Å². The zero-order valence-electron chi connectivity index (χ0n) is 12.3. The van der Waals surface area contributed by atoms with Gasteiger partial charge in [0, 0.05) is 10.9 Å². The first-order valence-electron chi connectivity index (χ1n) is 7.30. The molecule has 1 spiro atoms. The normalized spacial score (nSPS) is 18.9. The van der Waals surface area contributed by atoms with E-state index in [0.717, 1.165) is 27.2 Å². The number of benzene rings is 1. The van der Waals surface area contributed by atoms with Crippen molar-refractivity contribution in [2.75, 3.05) is 0 Å². The molecule has 1 fully saturated rings. The van der Waals surface area contributed by atoms with E-state index >= 15 is 0 Å². The molecular weight excluding hydrogens is 341 g/mol. The molecule has 0 radical (unpaired) electrons. The summed E-state index contributed by atoms with van der Waals surface area (Å²) in [6, 6.07) is 6.93. The number of hydrogen-bond acceptors (Lipinski definition) is 4. The van der Waals surface area contributed by atoms with Crippen LogP contribution in [0.2, 0.25) is 0 Å². The van der Waals surface area contributed by atoms with Crippen LogP contribution in [-0.2, 0) is 22.9 Å². The number of halogens is 3. The summed E-state index contributed by atoms with van der Waals surface area (Å²) in [6.07, 6.45) is -3.23. The van der Waals surface area contributed by atoms with Gasteiger partial charge in [-0.1, -0.05) is 18.2 Å². The van der Waals surface area contributed by atoms with Crippen molar-refractivity contribution in [2.24, 2.45) is 0 Å². The summed E-state index contributed by atoms with van der Waals surface area (Å²) in [6.45, 7) is -0.228. The molecule has 1 aliphatic heterocycles. The zero-order chi connectivity index (χ0) is 17.1. The Morgan fingerprint density at radius 3 is 2.54 bits per heavy atom. The van der Waals surface area contributed by atoms with E-state index < -0.39 is 23.2 Å². The second kappa shape index (κ2) is 4.89. The molecule has 0 bridgehead atoms. The number of fused-ring (bicyclic) bond motifs is 2. The SMILES string of the molecule is O=C1c2ccccc2C2(CC2)C(=O)N1Cc1nc(C(F)(F)F)cs1. The van der Waals surface area contributed by atoms with Crippen molar-refractivity contribution in [3.63, 3.8) is 0 Å². The Labute approximate surface area is 138 Å². The van der Waals surface area contributed by atoms with Gasteiger partial charge < -0.3 is 0 Å². The van der Waals surface area contributed by atoms with Gasteiger partial charge >= 0.3 is 6.18 Å². The fraction of sp³-hybridized carbons (Fsp3) is 0.312. The molecule has 0 unspecified atom stereocenters. The molecule has 4 rings (SSSR count). The number of hydrogen-bond donors (Lipinski definition) is 0. The third-order valence-electron chi connectivity index (χ3n) is 4.46. The van der Waals surface area contributed by atoms with Crippen molar-refractivity contribution in [3.05, 3.63) is 51.5 Å². The van der Waals surface area contributed by atoms with Crippen molar-refractivity contribution in [2.45, 2.75) is 31.0 Å². The quantitative estimate of drug-likeness (QED) is 0.779. The van der Waals surface area contributed by atoms with Gasteiger partial charge in [0.05, 0.1) is 12.0 Å². The second-order valence-electron chi connectivity index (χ2n) is 5.95. The van der Waals surface area contributed by atoms with Gasteiger partial charge in [-0.05, 0) is 24.5 Å². The Hall–Kier alpha value is -2.22. The molecule has 24 heavy (non-hydrogen) atoms. The van der Waals surface area contributed by atoms with E-state index in [1.54, 1.807) is 24.3 Å². The fourth-order valence-electron chi connectivity index (χ4n) is 3.10. The number of thiazole rings is 1. The summed E-state index contributed by atoms with van der Waals surface area (Å²) in [5.41, 5.74) is -0.510. The second-order valence-corrected chi connectivity index (χ2v) is 6.89. The minimum atomic E-state index is -4.53. The molecule has 2 aliphatic rings. The molecule has 2 amide bonds. The summed E-state index contributed by atoms with van der Waals surface area (Å²) in [5, 5.41) is 0.994. The topological polar surface area (TPSA) is 50.3 Å². The van der Waals surface area contributed by atoms with Gasteiger partial charge in [-0.25, -0.2) is 4.98 Å². The average Bonchev–Trinajstić information content (AvgIpc) is 3.20. The van der Waals surface area contributed by atoms with Gasteiger partial charge in [0.1, 0.15) is 5.01 Å². The average molecular weight is 352 g/mol. The lowest BCUT2D eigenvalue weighted by Crippen LogP contribution is -2.47. The maximum atomic E-state index is 12.8. The highest BCUT2D eigenvalue weighted by Crippen LogP contribution is 2.53. The zero-order valence-corrected chi connectivity index (χ0v) is 13.1. The van der Waals surface area contributed by atoms with E-state index in [-0.39, 0.29) is 17.5 Å². The molecule has 0 saturated heterocycles. The number of imide groups is 1. The van der Waals surface area contributed by atoms with E-state index in [1.807, 2.05) is 0 Å². The molecule has 1 aliphatic carbocycles.